The summed E-state index contributed by atoms with van der Waals surface area (Å²) in [6.07, 6.45) is -2.10. The van der Waals surface area contributed by atoms with E-state index < -0.39 is 72.8 Å². The van der Waals surface area contributed by atoms with Crippen LogP contribution in [0.2, 0.25) is 0 Å². The van der Waals surface area contributed by atoms with Crippen molar-refractivity contribution in [2.24, 2.45) is 5.73 Å². The Morgan fingerprint density at radius 3 is 1.74 bits per heavy atom. The molecule has 12 heteroatoms. The van der Waals surface area contributed by atoms with Gasteiger partial charge < -0.3 is 37.0 Å². The van der Waals surface area contributed by atoms with Crippen LogP contribution in [-0.4, -0.2) is 75.3 Å². The third-order valence-corrected chi connectivity index (χ3v) is 5.87. The van der Waals surface area contributed by atoms with Crippen molar-refractivity contribution in [3.8, 4) is 0 Å². The van der Waals surface area contributed by atoms with Crippen molar-refractivity contribution in [3.05, 3.63) is 71.8 Å². The summed E-state index contributed by atoms with van der Waals surface area (Å²) in [4.78, 5) is 61.2. The number of aliphatic carboxylic acids is 2. The number of nitrogens with one attached hydrogen (secondary N) is 3. The average molecular weight is 543 g/mol. The Morgan fingerprint density at radius 1 is 0.744 bits per heavy atom. The number of hydrogen-bond acceptors (Lipinski definition) is 7. The number of benzene rings is 2. The van der Waals surface area contributed by atoms with Crippen molar-refractivity contribution in [2.45, 2.75) is 62.9 Å². The minimum Gasteiger partial charge on any atom is -0.481 e. The highest BCUT2D eigenvalue weighted by molar-refractivity contribution is 5.94. The van der Waals surface area contributed by atoms with Crippen molar-refractivity contribution in [2.75, 3.05) is 0 Å². The zero-order chi connectivity index (χ0) is 28.9. The molecule has 5 atom stereocenters. The summed E-state index contributed by atoms with van der Waals surface area (Å²) in [5, 5.41) is 35.5. The quantitative estimate of drug-likeness (QED) is 0.156. The van der Waals surface area contributed by atoms with E-state index in [0.29, 0.717) is 5.56 Å². The highest BCUT2D eigenvalue weighted by atomic mass is 16.4. The van der Waals surface area contributed by atoms with Crippen molar-refractivity contribution in [1.82, 2.24) is 16.0 Å². The molecule has 3 amide bonds. The van der Waals surface area contributed by atoms with Gasteiger partial charge in [0.1, 0.15) is 18.1 Å². The lowest BCUT2D eigenvalue weighted by molar-refractivity contribution is -0.144. The minimum absolute atomic E-state index is 0.0426. The SMILES string of the molecule is CC(O)C(NC(=O)C(Cc1ccccc1)NC(=O)C(N)Cc1ccccc1)C(=O)NC(CCC(=O)O)C(=O)O. The first-order chi connectivity index (χ1) is 18.5. The number of aliphatic hydroxyl groups is 1. The molecule has 0 fully saturated rings. The molecular weight excluding hydrogens is 508 g/mol. The number of carbonyl (C=O) groups excluding carboxylic acids is 3. The molecule has 0 spiro atoms. The molecule has 39 heavy (non-hydrogen) atoms. The molecule has 5 unspecified atom stereocenters. The van der Waals surface area contributed by atoms with Crippen molar-refractivity contribution in [1.29, 1.82) is 0 Å². The first kappa shape index (κ1) is 30.9. The van der Waals surface area contributed by atoms with Gasteiger partial charge in [-0.25, -0.2) is 4.79 Å². The van der Waals surface area contributed by atoms with E-state index >= 15 is 0 Å². The molecule has 0 aliphatic rings. The summed E-state index contributed by atoms with van der Waals surface area (Å²) in [5.41, 5.74) is 7.60. The molecule has 2 aromatic carbocycles. The van der Waals surface area contributed by atoms with Crippen LogP contribution in [0, 0.1) is 0 Å². The molecule has 12 nitrogen and oxygen atoms in total. The lowest BCUT2D eigenvalue weighted by Gasteiger charge is -2.26. The second-order valence-electron chi connectivity index (χ2n) is 9.11. The third kappa shape index (κ3) is 10.5. The van der Waals surface area contributed by atoms with Gasteiger partial charge in [0.05, 0.1) is 12.1 Å². The maximum Gasteiger partial charge on any atom is 0.326 e. The molecule has 8 N–H and O–H groups in total. The molecule has 0 heterocycles. The summed E-state index contributed by atoms with van der Waals surface area (Å²) in [7, 11) is 0. The van der Waals surface area contributed by atoms with Crippen LogP contribution >= 0.6 is 0 Å². The Kier molecular flexibility index (Phi) is 12.1. The van der Waals surface area contributed by atoms with Gasteiger partial charge in [0.2, 0.25) is 17.7 Å². The molecular formula is C27H34N4O8. The fourth-order valence-electron chi connectivity index (χ4n) is 3.74. The number of aliphatic hydroxyl groups excluding tert-OH is 1. The molecule has 0 aromatic heterocycles. The Morgan fingerprint density at radius 2 is 1.26 bits per heavy atom. The first-order valence-corrected chi connectivity index (χ1v) is 12.3. The predicted octanol–water partition coefficient (Wildman–Crippen LogP) is -0.416. The van der Waals surface area contributed by atoms with Gasteiger partial charge in [0.15, 0.2) is 0 Å². The van der Waals surface area contributed by atoms with E-state index in [2.05, 4.69) is 16.0 Å². The van der Waals surface area contributed by atoms with E-state index in [1.165, 1.54) is 6.92 Å². The average Bonchev–Trinajstić information content (AvgIpc) is 2.89. The second-order valence-corrected chi connectivity index (χ2v) is 9.11. The van der Waals surface area contributed by atoms with E-state index in [4.69, 9.17) is 10.8 Å². The third-order valence-electron chi connectivity index (χ3n) is 5.87. The van der Waals surface area contributed by atoms with Crippen LogP contribution in [0.1, 0.15) is 30.9 Å². The fourth-order valence-corrected chi connectivity index (χ4v) is 3.74. The topological polar surface area (TPSA) is 208 Å². The molecule has 0 saturated heterocycles. The molecule has 0 aliphatic heterocycles. The molecule has 0 aliphatic carbocycles. The van der Waals surface area contributed by atoms with Gasteiger partial charge in [-0.1, -0.05) is 60.7 Å². The summed E-state index contributed by atoms with van der Waals surface area (Å²) < 4.78 is 0. The van der Waals surface area contributed by atoms with E-state index in [9.17, 15) is 34.2 Å². The number of nitrogens with two attached hydrogens (primary N) is 1. The zero-order valence-electron chi connectivity index (χ0n) is 21.4. The van der Waals surface area contributed by atoms with Crippen LogP contribution in [0.15, 0.2) is 60.7 Å². The number of hydrogen-bond donors (Lipinski definition) is 7. The number of carbonyl (C=O) groups is 5. The van der Waals surface area contributed by atoms with Crippen LogP contribution in [0.4, 0.5) is 0 Å². The normalized spacial score (nSPS) is 14.6. The van der Waals surface area contributed by atoms with E-state index in [0.717, 1.165) is 5.56 Å². The molecule has 210 valence electrons. The number of rotatable bonds is 15. The Balaban J connectivity index is 2.17. The molecule has 0 radical (unpaired) electrons. The number of carboxylic acid groups (broad SMARTS) is 2. The molecule has 0 bridgehead atoms. The van der Waals surface area contributed by atoms with Gasteiger partial charge in [0.25, 0.3) is 0 Å². The lowest BCUT2D eigenvalue weighted by atomic mass is 10.0. The predicted molar refractivity (Wildman–Crippen MR) is 140 cm³/mol. The maximum absolute atomic E-state index is 13.3. The summed E-state index contributed by atoms with van der Waals surface area (Å²) in [6.45, 7) is 1.22. The Bertz CT molecular complexity index is 1130. The van der Waals surface area contributed by atoms with Gasteiger partial charge in [-0.2, -0.15) is 0 Å². The van der Waals surface area contributed by atoms with E-state index in [1.54, 1.807) is 30.3 Å². The Hall–Kier alpha value is -4.29. The fraction of sp³-hybridized carbons (Fsp3) is 0.370. The largest absolute Gasteiger partial charge is 0.481 e. The van der Waals surface area contributed by atoms with Crippen LogP contribution in [0.5, 0.6) is 0 Å². The van der Waals surface area contributed by atoms with Gasteiger partial charge in [0, 0.05) is 12.8 Å². The van der Waals surface area contributed by atoms with Gasteiger partial charge in [-0.05, 0) is 30.9 Å². The van der Waals surface area contributed by atoms with E-state index in [1.807, 2.05) is 30.3 Å². The molecule has 0 saturated carbocycles. The lowest BCUT2D eigenvalue weighted by Crippen LogP contribution is -2.60. The summed E-state index contributed by atoms with van der Waals surface area (Å²) >= 11 is 0. The van der Waals surface area contributed by atoms with E-state index in [-0.39, 0.29) is 12.8 Å². The monoisotopic (exact) mass is 542 g/mol. The van der Waals surface area contributed by atoms with Crippen molar-refractivity contribution < 1.29 is 39.3 Å². The summed E-state index contributed by atoms with van der Waals surface area (Å²) in [6, 6.07) is 12.6. The van der Waals surface area contributed by atoms with Crippen molar-refractivity contribution >= 4 is 29.7 Å². The first-order valence-electron chi connectivity index (χ1n) is 12.3. The number of carboxylic acids is 2. The van der Waals surface area contributed by atoms with Crippen LogP contribution in [0.3, 0.4) is 0 Å². The van der Waals surface area contributed by atoms with Crippen LogP contribution < -0.4 is 21.7 Å². The minimum atomic E-state index is -1.59. The van der Waals surface area contributed by atoms with Gasteiger partial charge >= 0.3 is 11.9 Å². The zero-order valence-corrected chi connectivity index (χ0v) is 21.4. The van der Waals surface area contributed by atoms with Gasteiger partial charge in [-0.3, -0.25) is 19.2 Å². The van der Waals surface area contributed by atoms with Crippen LogP contribution in [-0.2, 0) is 36.8 Å². The molecule has 2 rings (SSSR count). The van der Waals surface area contributed by atoms with Gasteiger partial charge in [-0.15, -0.1) is 0 Å². The standard InChI is InChI=1S/C27H34N4O8/c1-16(32)23(26(37)29-20(27(38)39)12-13-22(33)34)31-25(36)21(15-18-10-6-3-7-11-18)30-24(35)19(28)14-17-8-4-2-5-9-17/h2-11,16,19-21,23,32H,12-15,28H2,1H3,(H,29,37)(H,30,35)(H,31,36)(H,33,34)(H,38,39). The second kappa shape index (κ2) is 15.2. The number of amides is 3. The van der Waals surface area contributed by atoms with Crippen LogP contribution in [0.25, 0.3) is 0 Å². The summed E-state index contributed by atoms with van der Waals surface area (Å²) in [5.74, 6) is -5.16. The molecule has 2 aromatic rings. The highest BCUT2D eigenvalue weighted by Crippen LogP contribution is 2.08. The highest BCUT2D eigenvalue weighted by Gasteiger charge is 2.33. The smallest absolute Gasteiger partial charge is 0.326 e. The Labute approximate surface area is 225 Å². The maximum atomic E-state index is 13.3. The van der Waals surface area contributed by atoms with Crippen molar-refractivity contribution in [3.63, 3.8) is 0 Å².